The summed E-state index contributed by atoms with van der Waals surface area (Å²) in [6, 6.07) is 0. The minimum atomic E-state index is -3.27. The third kappa shape index (κ3) is 8.40. The lowest BCUT2D eigenvalue weighted by atomic mass is 10.2. The molecule has 0 radical (unpaired) electrons. The van der Waals surface area contributed by atoms with Crippen molar-refractivity contribution in [3.05, 3.63) is 0 Å². The molecule has 0 aliphatic heterocycles. The van der Waals surface area contributed by atoms with Gasteiger partial charge in [0.2, 0.25) is 25.7 Å². The zero-order valence-electron chi connectivity index (χ0n) is 8.66. The molecule has 0 aliphatic carbocycles. The number of hydrogen-bond acceptors (Lipinski definition) is 0. The lowest BCUT2D eigenvalue weighted by molar-refractivity contribution is -0.0377. The Morgan fingerprint density at radius 3 is 0.611 bits per heavy atom. The fourth-order valence-electron chi connectivity index (χ4n) is 0.489. The molecule has 10 heteroatoms. The molecule has 112 valence electrons. The van der Waals surface area contributed by atoms with Crippen molar-refractivity contribution in [1.82, 2.24) is 0 Å². The number of hydrogen-bond donors (Lipinski definition) is 0. The first-order valence-corrected chi connectivity index (χ1v) is 4.43. The molecule has 0 spiro atoms. The molecule has 0 N–H and O–H groups in total. The molecule has 0 unspecified atom stereocenters. The van der Waals surface area contributed by atoms with Crippen LogP contribution in [0.1, 0.15) is 0 Å². The highest BCUT2D eigenvalue weighted by molar-refractivity contribution is 4.62. The minimum Gasteiger partial charge on any atom is -0.250 e. The second kappa shape index (κ2) is 10.2. The zero-order chi connectivity index (χ0) is 14.9. The van der Waals surface area contributed by atoms with Gasteiger partial charge in [-0.05, 0) is 0 Å². The Balaban J connectivity index is 0. The monoisotopic (exact) mass is 296 g/mol. The standard InChI is InChI=1S/2C4H5F5/c2*5-1-2(3(6)7)4(8)9/h2*2-4H,1H2. The van der Waals surface area contributed by atoms with E-state index in [0.29, 0.717) is 0 Å². The van der Waals surface area contributed by atoms with Gasteiger partial charge in [0, 0.05) is 0 Å². The quantitative estimate of drug-likeness (QED) is 0.644. The summed E-state index contributed by atoms with van der Waals surface area (Å²) in [7, 11) is 0. The fraction of sp³-hybridized carbons (Fsp3) is 1.00. The van der Waals surface area contributed by atoms with E-state index in [1.54, 1.807) is 0 Å². The molecule has 18 heavy (non-hydrogen) atoms. The van der Waals surface area contributed by atoms with E-state index in [-0.39, 0.29) is 0 Å². The molecule has 0 nitrogen and oxygen atoms in total. The lowest BCUT2D eigenvalue weighted by Gasteiger charge is -2.08. The summed E-state index contributed by atoms with van der Waals surface area (Å²) in [5, 5.41) is 0. The Morgan fingerprint density at radius 1 is 0.444 bits per heavy atom. The molecule has 0 fully saturated rings. The van der Waals surface area contributed by atoms with E-state index in [1.807, 2.05) is 0 Å². The van der Waals surface area contributed by atoms with Crippen LogP contribution in [-0.4, -0.2) is 39.1 Å². The van der Waals surface area contributed by atoms with Crippen molar-refractivity contribution in [2.24, 2.45) is 11.8 Å². The van der Waals surface area contributed by atoms with Gasteiger partial charge in [-0.25, -0.2) is 35.1 Å². The average molecular weight is 296 g/mol. The van der Waals surface area contributed by atoms with Crippen molar-refractivity contribution in [2.75, 3.05) is 13.3 Å². The highest BCUT2D eigenvalue weighted by atomic mass is 19.3. The Kier molecular flexibility index (Phi) is 11.2. The van der Waals surface area contributed by atoms with Crippen LogP contribution in [0.4, 0.5) is 43.9 Å². The second-order valence-electron chi connectivity index (χ2n) is 2.97. The van der Waals surface area contributed by atoms with Gasteiger partial charge in [0.1, 0.15) is 25.2 Å². The third-order valence-corrected chi connectivity index (χ3v) is 1.65. The van der Waals surface area contributed by atoms with Crippen molar-refractivity contribution >= 4 is 0 Å². The van der Waals surface area contributed by atoms with E-state index in [0.717, 1.165) is 0 Å². The molecule has 0 aliphatic rings. The summed E-state index contributed by atoms with van der Waals surface area (Å²) >= 11 is 0. The van der Waals surface area contributed by atoms with Crippen molar-refractivity contribution in [1.29, 1.82) is 0 Å². The summed E-state index contributed by atoms with van der Waals surface area (Å²) in [5.41, 5.74) is 0. The first kappa shape index (κ1) is 19.6. The predicted octanol–water partition coefficient (Wildman–Crippen LogP) is 4.20. The fourth-order valence-corrected chi connectivity index (χ4v) is 0.489. The van der Waals surface area contributed by atoms with E-state index >= 15 is 0 Å². The molecule has 0 atom stereocenters. The van der Waals surface area contributed by atoms with Gasteiger partial charge in [0.25, 0.3) is 0 Å². The van der Waals surface area contributed by atoms with Crippen LogP contribution < -0.4 is 0 Å². The van der Waals surface area contributed by atoms with Gasteiger partial charge >= 0.3 is 0 Å². The summed E-state index contributed by atoms with van der Waals surface area (Å²) in [6.07, 6.45) is -13.1. The smallest absolute Gasteiger partial charge is 0.249 e. The molecule has 0 saturated heterocycles. The summed E-state index contributed by atoms with van der Waals surface area (Å²) in [4.78, 5) is 0. The second-order valence-corrected chi connectivity index (χ2v) is 2.97. The van der Waals surface area contributed by atoms with Crippen molar-refractivity contribution in [2.45, 2.75) is 25.7 Å². The Morgan fingerprint density at radius 2 is 0.611 bits per heavy atom. The molecule has 0 aromatic heterocycles. The molecule has 0 saturated carbocycles. The molecule has 0 bridgehead atoms. The molecule has 0 rings (SSSR count). The minimum absolute atomic E-state index is 1.67. The van der Waals surface area contributed by atoms with E-state index in [4.69, 9.17) is 0 Å². The molecular weight excluding hydrogens is 286 g/mol. The molecule has 0 heterocycles. The SMILES string of the molecule is FCC(C(F)F)C(F)F.FCC(C(F)F)C(F)F. The zero-order valence-corrected chi connectivity index (χ0v) is 8.66. The van der Waals surface area contributed by atoms with Crippen molar-refractivity contribution < 1.29 is 43.9 Å². The Labute approximate surface area is 96.0 Å². The summed E-state index contributed by atoms with van der Waals surface area (Å²) < 4.78 is 112. The van der Waals surface area contributed by atoms with Crippen LogP contribution in [0.3, 0.4) is 0 Å². The van der Waals surface area contributed by atoms with Gasteiger partial charge in [-0.2, -0.15) is 0 Å². The number of halogens is 10. The van der Waals surface area contributed by atoms with E-state index in [1.165, 1.54) is 0 Å². The highest BCUT2D eigenvalue weighted by Crippen LogP contribution is 2.19. The molecule has 0 aromatic carbocycles. The van der Waals surface area contributed by atoms with Crippen LogP contribution in [0.25, 0.3) is 0 Å². The largest absolute Gasteiger partial charge is 0.250 e. The van der Waals surface area contributed by atoms with Crippen molar-refractivity contribution in [3.8, 4) is 0 Å². The predicted molar refractivity (Wildman–Crippen MR) is 42.9 cm³/mol. The topological polar surface area (TPSA) is 0 Å². The van der Waals surface area contributed by atoms with Gasteiger partial charge in [-0.3, -0.25) is 8.78 Å². The van der Waals surface area contributed by atoms with Gasteiger partial charge in [0.15, 0.2) is 0 Å². The Hall–Kier alpha value is -0.700. The van der Waals surface area contributed by atoms with E-state index < -0.39 is 50.9 Å². The van der Waals surface area contributed by atoms with Gasteiger partial charge in [-0.15, -0.1) is 0 Å². The van der Waals surface area contributed by atoms with Crippen LogP contribution >= 0.6 is 0 Å². The van der Waals surface area contributed by atoms with E-state index in [2.05, 4.69) is 0 Å². The lowest BCUT2D eigenvalue weighted by Crippen LogP contribution is -2.21. The first-order valence-electron chi connectivity index (χ1n) is 4.43. The number of alkyl halides is 10. The van der Waals surface area contributed by atoms with Crippen LogP contribution in [0.5, 0.6) is 0 Å². The maximum Gasteiger partial charge on any atom is 0.249 e. The van der Waals surface area contributed by atoms with Crippen LogP contribution in [-0.2, 0) is 0 Å². The Bertz CT molecular complexity index is 147. The maximum atomic E-state index is 11.2. The van der Waals surface area contributed by atoms with Gasteiger partial charge < -0.3 is 0 Å². The molecular formula is C8H10F10. The average Bonchev–Trinajstić information content (AvgIpc) is 2.17. The van der Waals surface area contributed by atoms with Crippen LogP contribution in [0.15, 0.2) is 0 Å². The van der Waals surface area contributed by atoms with E-state index in [9.17, 15) is 43.9 Å². The van der Waals surface area contributed by atoms with Crippen LogP contribution in [0.2, 0.25) is 0 Å². The van der Waals surface area contributed by atoms with Gasteiger partial charge in [0.05, 0.1) is 0 Å². The van der Waals surface area contributed by atoms with Crippen LogP contribution in [0, 0.1) is 11.8 Å². The third-order valence-electron chi connectivity index (χ3n) is 1.65. The molecule has 0 amide bonds. The highest BCUT2D eigenvalue weighted by Gasteiger charge is 2.30. The van der Waals surface area contributed by atoms with Crippen molar-refractivity contribution in [3.63, 3.8) is 0 Å². The van der Waals surface area contributed by atoms with Gasteiger partial charge in [-0.1, -0.05) is 0 Å². The maximum absolute atomic E-state index is 11.2. The summed E-state index contributed by atoms with van der Waals surface area (Å²) in [5.74, 6) is -4.82. The number of rotatable bonds is 6. The molecule has 0 aromatic rings. The first-order chi connectivity index (χ1) is 8.18. The summed E-state index contributed by atoms with van der Waals surface area (Å²) in [6.45, 7) is -3.34. The normalized spacial score (nSPS) is 12.0.